The third-order valence-electron chi connectivity index (χ3n) is 3.68. The number of rotatable bonds is 5. The van der Waals surface area contributed by atoms with E-state index in [0.29, 0.717) is 0 Å². The van der Waals surface area contributed by atoms with Gasteiger partial charge in [0.25, 0.3) is 0 Å². The van der Waals surface area contributed by atoms with Crippen molar-refractivity contribution in [3.63, 3.8) is 0 Å². The number of hydrogen-bond acceptors (Lipinski definition) is 0. The fourth-order valence-electron chi connectivity index (χ4n) is 2.92. The van der Waals surface area contributed by atoms with Crippen LogP contribution in [-0.2, 0) is 12.8 Å². The minimum Gasteiger partial charge on any atom is -0.0651 e. The van der Waals surface area contributed by atoms with Crippen molar-refractivity contribution < 1.29 is 0 Å². The second-order valence-electron chi connectivity index (χ2n) is 5.91. The summed E-state index contributed by atoms with van der Waals surface area (Å²) in [7, 11) is 0. The Labute approximate surface area is 123 Å². The van der Waals surface area contributed by atoms with Gasteiger partial charge in [-0.05, 0) is 48.9 Å². The second-order valence-corrected chi connectivity index (χ2v) is 5.91. The lowest BCUT2D eigenvalue weighted by molar-refractivity contribution is 0.918. The van der Waals surface area contributed by atoms with Crippen molar-refractivity contribution in [2.45, 2.75) is 53.4 Å². The largest absolute Gasteiger partial charge is 0.0651 e. The molecule has 2 aromatic carbocycles. The Hall–Kier alpha value is -1.56. The first-order valence-electron chi connectivity index (χ1n) is 7.84. The van der Waals surface area contributed by atoms with E-state index in [1.807, 2.05) is 0 Å². The molecule has 0 fully saturated rings. The fourth-order valence-corrected chi connectivity index (χ4v) is 2.92. The van der Waals surface area contributed by atoms with Gasteiger partial charge in [-0.3, -0.25) is 0 Å². The summed E-state index contributed by atoms with van der Waals surface area (Å²) in [4.78, 5) is 0. The third-order valence-corrected chi connectivity index (χ3v) is 3.68. The van der Waals surface area contributed by atoms with Crippen molar-refractivity contribution in [3.05, 3.63) is 58.7 Å². The molecule has 0 aliphatic rings. The lowest BCUT2D eigenvalue weighted by Gasteiger charge is -2.10. The van der Waals surface area contributed by atoms with E-state index in [9.17, 15) is 0 Å². The van der Waals surface area contributed by atoms with Crippen LogP contribution in [0.2, 0.25) is 0 Å². The summed E-state index contributed by atoms with van der Waals surface area (Å²) in [5.74, 6) is 0. The molecule has 2 rings (SSSR count). The topological polar surface area (TPSA) is 0 Å². The van der Waals surface area contributed by atoms with Gasteiger partial charge in [-0.1, -0.05) is 74.2 Å². The van der Waals surface area contributed by atoms with Gasteiger partial charge >= 0.3 is 0 Å². The van der Waals surface area contributed by atoms with Crippen LogP contribution in [0.4, 0.5) is 0 Å². The molecule has 0 aromatic heterocycles. The summed E-state index contributed by atoms with van der Waals surface area (Å²) in [6.45, 7) is 8.89. The highest BCUT2D eigenvalue weighted by molar-refractivity contribution is 5.67. The minimum absolute atomic E-state index is 1.17. The fraction of sp³-hybridized carbons (Fsp3) is 0.400. The molecular formula is C20H26. The standard InChI is InChI=1S/C20H26/c1-5-7-17-9-15(3)11-19(13-17)20-12-16(4)10-18(14-20)8-6-2/h9-14H,5-8H2,1-4H3. The van der Waals surface area contributed by atoms with Gasteiger partial charge in [-0.2, -0.15) is 0 Å². The van der Waals surface area contributed by atoms with Gasteiger partial charge in [0.2, 0.25) is 0 Å². The number of aryl methyl sites for hydroxylation is 4. The Bertz CT molecular complexity index is 525. The molecule has 0 saturated carbocycles. The highest BCUT2D eigenvalue weighted by Crippen LogP contribution is 2.26. The molecule has 0 atom stereocenters. The number of benzene rings is 2. The van der Waals surface area contributed by atoms with Crippen LogP contribution in [0.25, 0.3) is 11.1 Å². The average molecular weight is 266 g/mol. The molecule has 0 aliphatic carbocycles. The molecule has 0 aliphatic heterocycles. The Kier molecular flexibility index (Phi) is 5.00. The molecule has 0 unspecified atom stereocenters. The molecule has 0 radical (unpaired) electrons. The van der Waals surface area contributed by atoms with Crippen LogP contribution in [0.1, 0.15) is 48.9 Å². The summed E-state index contributed by atoms with van der Waals surface area (Å²) in [5.41, 5.74) is 8.39. The van der Waals surface area contributed by atoms with Gasteiger partial charge in [-0.25, -0.2) is 0 Å². The van der Waals surface area contributed by atoms with Gasteiger partial charge < -0.3 is 0 Å². The molecule has 0 spiro atoms. The van der Waals surface area contributed by atoms with Crippen LogP contribution in [0.3, 0.4) is 0 Å². The first-order chi connectivity index (χ1) is 9.62. The first-order valence-corrected chi connectivity index (χ1v) is 7.84. The quantitative estimate of drug-likeness (QED) is 0.634. The molecule has 0 saturated heterocycles. The highest BCUT2D eigenvalue weighted by atomic mass is 14.1. The average Bonchev–Trinajstić information content (AvgIpc) is 2.38. The predicted molar refractivity (Wildman–Crippen MR) is 89.3 cm³/mol. The van der Waals surface area contributed by atoms with Crippen molar-refractivity contribution in [1.29, 1.82) is 0 Å². The van der Waals surface area contributed by atoms with Gasteiger partial charge in [0.1, 0.15) is 0 Å². The van der Waals surface area contributed by atoms with Gasteiger partial charge in [0.05, 0.1) is 0 Å². The van der Waals surface area contributed by atoms with Crippen molar-refractivity contribution in [2.24, 2.45) is 0 Å². The second kappa shape index (κ2) is 6.74. The maximum absolute atomic E-state index is 2.36. The molecule has 20 heavy (non-hydrogen) atoms. The molecule has 2 aromatic rings. The highest BCUT2D eigenvalue weighted by Gasteiger charge is 2.04. The molecule has 106 valence electrons. The van der Waals surface area contributed by atoms with E-state index in [0.717, 1.165) is 0 Å². The van der Waals surface area contributed by atoms with Crippen molar-refractivity contribution in [3.8, 4) is 11.1 Å². The Morgan fingerprint density at radius 2 is 1.00 bits per heavy atom. The van der Waals surface area contributed by atoms with Crippen molar-refractivity contribution in [2.75, 3.05) is 0 Å². The molecule has 0 nitrogen and oxygen atoms in total. The summed E-state index contributed by atoms with van der Waals surface area (Å²) in [5, 5.41) is 0. The molecule has 0 N–H and O–H groups in total. The predicted octanol–water partition coefficient (Wildman–Crippen LogP) is 5.88. The summed E-state index contributed by atoms with van der Waals surface area (Å²) < 4.78 is 0. The molecule has 0 amide bonds. The molecule has 0 heteroatoms. The van der Waals surface area contributed by atoms with Crippen LogP contribution >= 0.6 is 0 Å². The van der Waals surface area contributed by atoms with E-state index in [4.69, 9.17) is 0 Å². The van der Waals surface area contributed by atoms with Gasteiger partial charge in [0.15, 0.2) is 0 Å². The van der Waals surface area contributed by atoms with Crippen LogP contribution in [0, 0.1) is 13.8 Å². The lowest BCUT2D eigenvalue weighted by atomic mass is 9.95. The van der Waals surface area contributed by atoms with Crippen molar-refractivity contribution in [1.82, 2.24) is 0 Å². The zero-order chi connectivity index (χ0) is 14.5. The Balaban J connectivity index is 2.44. The zero-order valence-corrected chi connectivity index (χ0v) is 13.3. The lowest BCUT2D eigenvalue weighted by Crippen LogP contribution is -1.91. The molecule has 0 bridgehead atoms. The van der Waals surface area contributed by atoms with Crippen LogP contribution in [-0.4, -0.2) is 0 Å². The van der Waals surface area contributed by atoms with Gasteiger partial charge in [-0.15, -0.1) is 0 Å². The Morgan fingerprint density at radius 1 is 0.600 bits per heavy atom. The minimum atomic E-state index is 1.17. The van der Waals surface area contributed by atoms with Crippen LogP contribution < -0.4 is 0 Å². The van der Waals surface area contributed by atoms with E-state index in [1.165, 1.54) is 59.1 Å². The zero-order valence-electron chi connectivity index (χ0n) is 13.3. The van der Waals surface area contributed by atoms with E-state index < -0.39 is 0 Å². The maximum Gasteiger partial charge on any atom is -0.0178 e. The summed E-state index contributed by atoms with van der Waals surface area (Å²) in [6, 6.07) is 14.0. The van der Waals surface area contributed by atoms with Crippen molar-refractivity contribution >= 4 is 0 Å². The summed E-state index contributed by atoms with van der Waals surface area (Å²) in [6.07, 6.45) is 4.75. The first kappa shape index (κ1) is 14.8. The van der Waals surface area contributed by atoms with Gasteiger partial charge in [0, 0.05) is 0 Å². The van der Waals surface area contributed by atoms with E-state index >= 15 is 0 Å². The maximum atomic E-state index is 2.36. The van der Waals surface area contributed by atoms with E-state index in [-0.39, 0.29) is 0 Å². The van der Waals surface area contributed by atoms with E-state index in [1.54, 1.807) is 0 Å². The smallest absolute Gasteiger partial charge is 0.0178 e. The SMILES string of the molecule is CCCc1cc(C)cc(-c2cc(C)cc(CCC)c2)c1. The van der Waals surface area contributed by atoms with Crippen LogP contribution in [0.5, 0.6) is 0 Å². The normalized spacial score (nSPS) is 10.8. The summed E-state index contributed by atoms with van der Waals surface area (Å²) >= 11 is 0. The molecular weight excluding hydrogens is 240 g/mol. The van der Waals surface area contributed by atoms with Crippen LogP contribution in [0.15, 0.2) is 36.4 Å². The Morgan fingerprint density at radius 3 is 1.35 bits per heavy atom. The monoisotopic (exact) mass is 266 g/mol. The molecule has 0 heterocycles. The third kappa shape index (κ3) is 3.72. The number of hydrogen-bond donors (Lipinski definition) is 0. The van der Waals surface area contributed by atoms with E-state index in [2.05, 4.69) is 64.1 Å².